The monoisotopic (exact) mass is 349 g/mol. The predicted octanol–water partition coefficient (Wildman–Crippen LogP) is 4.38. The molecule has 0 aliphatic carbocycles. The van der Waals surface area contributed by atoms with Gasteiger partial charge in [0.1, 0.15) is 5.82 Å². The molecule has 1 amide bonds. The van der Waals surface area contributed by atoms with Crippen molar-refractivity contribution in [3.63, 3.8) is 0 Å². The Morgan fingerprint density at radius 2 is 1.88 bits per heavy atom. The van der Waals surface area contributed by atoms with Gasteiger partial charge in [0.15, 0.2) is 0 Å². The summed E-state index contributed by atoms with van der Waals surface area (Å²) in [5.41, 5.74) is 1.25. The van der Waals surface area contributed by atoms with E-state index in [4.69, 9.17) is 11.6 Å². The molecule has 2 aromatic rings. The van der Waals surface area contributed by atoms with Gasteiger partial charge in [-0.25, -0.2) is 4.39 Å². The van der Waals surface area contributed by atoms with Gasteiger partial charge in [0.25, 0.3) is 5.91 Å². The maximum Gasteiger partial charge on any atom is 0.253 e. The van der Waals surface area contributed by atoms with Crippen molar-refractivity contribution in [1.82, 2.24) is 4.90 Å². The molecule has 0 aromatic heterocycles. The molecule has 0 saturated carbocycles. The first-order valence-electron chi connectivity index (χ1n) is 7.71. The highest BCUT2D eigenvalue weighted by molar-refractivity contribution is 6.31. The van der Waals surface area contributed by atoms with E-state index in [1.54, 1.807) is 56.1 Å². The van der Waals surface area contributed by atoms with Gasteiger partial charge >= 0.3 is 0 Å². The zero-order valence-electron chi connectivity index (χ0n) is 14.0. The molecule has 0 spiro atoms. The Kier molecular flexibility index (Phi) is 5.62. The molecule has 0 bridgehead atoms. The number of halogens is 2. The molecule has 3 nitrogen and oxygen atoms in total. The summed E-state index contributed by atoms with van der Waals surface area (Å²) in [7, 11) is 1.70. The van der Waals surface area contributed by atoms with Crippen LogP contribution in [-0.4, -0.2) is 35.1 Å². The fraction of sp³-hybridized carbons (Fsp3) is 0.316. The number of rotatable bonds is 5. The van der Waals surface area contributed by atoms with Gasteiger partial charge in [-0.3, -0.25) is 4.79 Å². The second-order valence-electron chi connectivity index (χ2n) is 6.50. The Labute approximate surface area is 146 Å². The van der Waals surface area contributed by atoms with Gasteiger partial charge in [0.2, 0.25) is 0 Å². The van der Waals surface area contributed by atoms with Gasteiger partial charge < -0.3 is 10.0 Å². The zero-order valence-corrected chi connectivity index (χ0v) is 14.8. The molecule has 0 fully saturated rings. The lowest BCUT2D eigenvalue weighted by Gasteiger charge is -2.23. The van der Waals surface area contributed by atoms with Gasteiger partial charge in [-0.2, -0.15) is 0 Å². The van der Waals surface area contributed by atoms with Crippen molar-refractivity contribution in [3.8, 4) is 11.1 Å². The van der Waals surface area contributed by atoms with E-state index in [2.05, 4.69) is 0 Å². The average Bonchev–Trinajstić information content (AvgIpc) is 2.54. The maximum absolute atomic E-state index is 13.3. The third-order valence-corrected chi connectivity index (χ3v) is 4.06. The first kappa shape index (κ1) is 18.4. The molecule has 0 radical (unpaired) electrons. The van der Waals surface area contributed by atoms with E-state index in [1.165, 1.54) is 6.07 Å². The summed E-state index contributed by atoms with van der Waals surface area (Å²) >= 11 is 5.83. The van der Waals surface area contributed by atoms with Crippen molar-refractivity contribution in [2.75, 3.05) is 13.6 Å². The highest BCUT2D eigenvalue weighted by atomic mass is 35.5. The number of carbonyl (C=O) groups is 1. The summed E-state index contributed by atoms with van der Waals surface area (Å²) in [5.74, 6) is -0.603. The minimum Gasteiger partial charge on any atom is -0.390 e. The topological polar surface area (TPSA) is 40.5 Å². The fourth-order valence-corrected chi connectivity index (χ4v) is 2.45. The van der Waals surface area contributed by atoms with E-state index in [-0.39, 0.29) is 10.9 Å². The van der Waals surface area contributed by atoms with Crippen LogP contribution in [0.5, 0.6) is 0 Å². The van der Waals surface area contributed by atoms with E-state index in [9.17, 15) is 14.3 Å². The number of carbonyl (C=O) groups excluding carboxylic acids is 1. The molecule has 1 N–H and O–H groups in total. The number of hydrogen-bond acceptors (Lipinski definition) is 2. The van der Waals surface area contributed by atoms with Crippen LogP contribution >= 0.6 is 11.6 Å². The normalized spacial score (nSPS) is 11.4. The van der Waals surface area contributed by atoms with Gasteiger partial charge in [-0.05, 0) is 55.7 Å². The Morgan fingerprint density at radius 3 is 2.50 bits per heavy atom. The molecule has 2 aromatic carbocycles. The first-order valence-corrected chi connectivity index (χ1v) is 8.08. The summed E-state index contributed by atoms with van der Waals surface area (Å²) in [5, 5.41) is 9.83. The number of benzene rings is 2. The van der Waals surface area contributed by atoms with E-state index in [0.717, 1.165) is 11.1 Å². The van der Waals surface area contributed by atoms with Crippen LogP contribution in [-0.2, 0) is 0 Å². The molecule has 0 aliphatic heterocycles. The number of hydrogen-bond donors (Lipinski definition) is 1. The van der Waals surface area contributed by atoms with Gasteiger partial charge in [-0.1, -0.05) is 29.8 Å². The molecule has 5 heteroatoms. The van der Waals surface area contributed by atoms with Crippen LogP contribution in [0.15, 0.2) is 42.5 Å². The van der Waals surface area contributed by atoms with Crippen molar-refractivity contribution in [2.24, 2.45) is 0 Å². The zero-order chi connectivity index (χ0) is 17.9. The Balaban J connectivity index is 2.20. The number of nitrogens with zero attached hydrogens (tertiary/aromatic N) is 1. The minimum absolute atomic E-state index is 0.0477. The summed E-state index contributed by atoms with van der Waals surface area (Å²) in [6, 6.07) is 11.6. The Bertz CT molecular complexity index is 740. The fourth-order valence-electron chi connectivity index (χ4n) is 2.27. The molecule has 2 rings (SSSR count). The highest BCUT2D eigenvalue weighted by Crippen LogP contribution is 2.26. The van der Waals surface area contributed by atoms with Crippen molar-refractivity contribution in [1.29, 1.82) is 0 Å². The summed E-state index contributed by atoms with van der Waals surface area (Å²) in [4.78, 5) is 14.1. The van der Waals surface area contributed by atoms with Crippen molar-refractivity contribution in [3.05, 3.63) is 58.9 Å². The first-order chi connectivity index (χ1) is 11.2. The standard InChI is InChI=1S/C19H21ClFNO2/c1-19(2,24)9-10-22(3)18(23)15-6-4-5-13(11-15)14-7-8-17(21)16(20)12-14/h4-8,11-12,24H,9-10H2,1-3H3. The SMILES string of the molecule is CN(CCC(C)(C)O)C(=O)c1cccc(-c2ccc(F)c(Cl)c2)c1. The van der Waals surface area contributed by atoms with Crippen LogP contribution in [0.2, 0.25) is 5.02 Å². The van der Waals surface area contributed by atoms with Crippen molar-refractivity contribution < 1.29 is 14.3 Å². The molecular weight excluding hydrogens is 329 g/mol. The lowest BCUT2D eigenvalue weighted by atomic mass is 10.0. The second-order valence-corrected chi connectivity index (χ2v) is 6.91. The second kappa shape index (κ2) is 7.32. The molecule has 0 aliphatic rings. The minimum atomic E-state index is -0.818. The van der Waals surface area contributed by atoms with Crippen LogP contribution < -0.4 is 0 Å². The largest absolute Gasteiger partial charge is 0.390 e. The van der Waals surface area contributed by atoms with Crippen LogP contribution in [0, 0.1) is 5.82 Å². The van der Waals surface area contributed by atoms with Crippen LogP contribution in [0.4, 0.5) is 4.39 Å². The third kappa shape index (κ3) is 4.79. The lowest BCUT2D eigenvalue weighted by Crippen LogP contribution is -2.32. The smallest absolute Gasteiger partial charge is 0.253 e. The van der Waals surface area contributed by atoms with Crippen molar-refractivity contribution in [2.45, 2.75) is 25.9 Å². The van der Waals surface area contributed by atoms with Gasteiger partial charge in [-0.15, -0.1) is 0 Å². The molecule has 0 heterocycles. The summed E-state index contributed by atoms with van der Waals surface area (Å²) < 4.78 is 13.3. The van der Waals surface area contributed by atoms with Gasteiger partial charge in [0.05, 0.1) is 10.6 Å². The average molecular weight is 350 g/mol. The lowest BCUT2D eigenvalue weighted by molar-refractivity contribution is 0.0544. The molecular formula is C19H21ClFNO2. The predicted molar refractivity (Wildman–Crippen MR) is 94.7 cm³/mol. The molecule has 0 saturated heterocycles. The highest BCUT2D eigenvalue weighted by Gasteiger charge is 2.17. The Hall–Kier alpha value is -1.91. The molecule has 128 valence electrons. The van der Waals surface area contributed by atoms with Crippen molar-refractivity contribution >= 4 is 17.5 Å². The van der Waals surface area contributed by atoms with Crippen LogP contribution in [0.3, 0.4) is 0 Å². The van der Waals surface area contributed by atoms with Crippen LogP contribution in [0.1, 0.15) is 30.6 Å². The Morgan fingerprint density at radius 1 is 1.21 bits per heavy atom. The third-order valence-electron chi connectivity index (χ3n) is 3.77. The van der Waals surface area contributed by atoms with E-state index < -0.39 is 11.4 Å². The molecule has 0 unspecified atom stereocenters. The quantitative estimate of drug-likeness (QED) is 0.870. The molecule has 24 heavy (non-hydrogen) atoms. The summed E-state index contributed by atoms with van der Waals surface area (Å²) in [6.45, 7) is 3.88. The maximum atomic E-state index is 13.3. The number of aliphatic hydroxyl groups is 1. The number of amides is 1. The summed E-state index contributed by atoms with van der Waals surface area (Å²) in [6.07, 6.45) is 0.489. The van der Waals surface area contributed by atoms with E-state index >= 15 is 0 Å². The van der Waals surface area contributed by atoms with E-state index in [1.807, 2.05) is 6.07 Å². The molecule has 0 atom stereocenters. The van der Waals surface area contributed by atoms with Crippen LogP contribution in [0.25, 0.3) is 11.1 Å². The van der Waals surface area contributed by atoms with E-state index in [0.29, 0.717) is 18.5 Å². The van der Waals surface area contributed by atoms with Gasteiger partial charge in [0, 0.05) is 19.2 Å².